The minimum atomic E-state index is -1.01. The molecular weight excluding hydrogens is 196 g/mol. The van der Waals surface area contributed by atoms with Crippen molar-refractivity contribution >= 4 is 0 Å². The van der Waals surface area contributed by atoms with E-state index < -0.39 is 24.4 Å². The molecule has 4 heteroatoms. The average Bonchev–Trinajstić information content (AvgIpc) is 2.57. The van der Waals surface area contributed by atoms with Gasteiger partial charge in [-0.15, -0.1) is 0 Å². The summed E-state index contributed by atoms with van der Waals surface area (Å²) in [7, 11) is 0. The predicted molar refractivity (Wildman–Crippen MR) is 53.9 cm³/mol. The molecule has 0 aromatic rings. The number of hydrogen-bond donors (Lipinski definition) is 3. The topological polar surface area (TPSA) is 69.9 Å². The minimum absolute atomic E-state index is 0.276. The fourth-order valence-corrected chi connectivity index (χ4v) is 1.95. The van der Waals surface area contributed by atoms with E-state index in [2.05, 4.69) is 0 Å². The van der Waals surface area contributed by atoms with Gasteiger partial charge in [-0.05, 0) is 6.42 Å². The van der Waals surface area contributed by atoms with Gasteiger partial charge in [0, 0.05) is 5.92 Å². The summed E-state index contributed by atoms with van der Waals surface area (Å²) in [6, 6.07) is 0. The number of ether oxygens (including phenoxy) is 1. The number of hydrogen-bond acceptors (Lipinski definition) is 4. The molecule has 0 aromatic carbocycles. The number of allylic oxidation sites excluding steroid dienone is 3. The van der Waals surface area contributed by atoms with Crippen molar-refractivity contribution in [2.24, 2.45) is 0 Å². The highest BCUT2D eigenvalue weighted by atomic mass is 16.6. The van der Waals surface area contributed by atoms with E-state index in [1.165, 1.54) is 0 Å². The van der Waals surface area contributed by atoms with Gasteiger partial charge >= 0.3 is 0 Å². The van der Waals surface area contributed by atoms with Crippen LogP contribution in [0.15, 0.2) is 24.3 Å². The third-order valence-electron chi connectivity index (χ3n) is 2.82. The standard InChI is InChI=1S/C11H15O4/c12-6-8-9(13)10(14)11(15-8)7-4-2-1-3-5-7/h1-4,8-14H,5-6H2/t8-,9-,10-,11?/m1/s1. The summed E-state index contributed by atoms with van der Waals surface area (Å²) >= 11 is 0. The Kier molecular flexibility index (Phi) is 3.21. The molecule has 4 nitrogen and oxygen atoms in total. The normalized spacial score (nSPS) is 41.3. The zero-order valence-electron chi connectivity index (χ0n) is 8.28. The molecule has 1 aliphatic heterocycles. The molecule has 3 N–H and O–H groups in total. The fourth-order valence-electron chi connectivity index (χ4n) is 1.95. The van der Waals surface area contributed by atoms with Crippen molar-refractivity contribution in [3.8, 4) is 0 Å². The predicted octanol–water partition coefficient (Wildman–Crippen LogP) is -0.442. The number of rotatable bonds is 2. The molecule has 0 bridgehead atoms. The molecule has 0 saturated carbocycles. The van der Waals surface area contributed by atoms with Crippen molar-refractivity contribution < 1.29 is 20.1 Å². The van der Waals surface area contributed by atoms with Crippen LogP contribution in [-0.2, 0) is 4.74 Å². The van der Waals surface area contributed by atoms with E-state index in [0.29, 0.717) is 6.42 Å². The molecule has 2 aliphatic rings. The van der Waals surface area contributed by atoms with Crippen LogP contribution in [0.2, 0.25) is 0 Å². The van der Waals surface area contributed by atoms with Crippen LogP contribution in [0.4, 0.5) is 0 Å². The number of aliphatic hydroxyl groups is 3. The molecular formula is C11H15O4. The number of aliphatic hydroxyl groups excluding tert-OH is 3. The van der Waals surface area contributed by atoms with Crippen molar-refractivity contribution in [2.45, 2.75) is 30.8 Å². The molecule has 0 aromatic heterocycles. The molecule has 15 heavy (non-hydrogen) atoms. The molecule has 1 unspecified atom stereocenters. The Morgan fingerprint density at radius 2 is 2.07 bits per heavy atom. The SMILES string of the molecule is OC[C@H]1OC([C]2C=CC=CC2)[C@H](O)[C@@H]1O. The van der Waals surface area contributed by atoms with Gasteiger partial charge in [-0.2, -0.15) is 0 Å². The zero-order valence-corrected chi connectivity index (χ0v) is 8.28. The zero-order chi connectivity index (χ0) is 10.8. The van der Waals surface area contributed by atoms with Crippen LogP contribution in [0.1, 0.15) is 6.42 Å². The second-order valence-electron chi connectivity index (χ2n) is 3.83. The van der Waals surface area contributed by atoms with Gasteiger partial charge in [0.1, 0.15) is 18.3 Å². The third kappa shape index (κ3) is 1.99. The molecule has 83 valence electrons. The second-order valence-corrected chi connectivity index (χ2v) is 3.83. The van der Waals surface area contributed by atoms with Gasteiger partial charge in [-0.1, -0.05) is 24.3 Å². The maximum atomic E-state index is 9.75. The first kappa shape index (κ1) is 10.8. The summed E-state index contributed by atoms with van der Waals surface area (Å²) in [5, 5.41) is 28.2. The Morgan fingerprint density at radius 3 is 2.60 bits per heavy atom. The maximum absolute atomic E-state index is 9.75. The van der Waals surface area contributed by atoms with E-state index >= 15 is 0 Å². The molecule has 2 rings (SSSR count). The molecule has 1 fully saturated rings. The van der Waals surface area contributed by atoms with Crippen molar-refractivity contribution in [1.82, 2.24) is 0 Å². The smallest absolute Gasteiger partial charge is 0.111 e. The minimum Gasteiger partial charge on any atom is -0.394 e. The van der Waals surface area contributed by atoms with Crippen molar-refractivity contribution in [1.29, 1.82) is 0 Å². The Hall–Kier alpha value is -0.680. The average molecular weight is 211 g/mol. The van der Waals surface area contributed by atoms with Crippen LogP contribution >= 0.6 is 0 Å². The van der Waals surface area contributed by atoms with Crippen LogP contribution in [0.25, 0.3) is 0 Å². The Bertz CT molecular complexity index is 274. The van der Waals surface area contributed by atoms with E-state index in [9.17, 15) is 10.2 Å². The van der Waals surface area contributed by atoms with Crippen LogP contribution in [-0.4, -0.2) is 46.3 Å². The largest absolute Gasteiger partial charge is 0.394 e. The Morgan fingerprint density at radius 1 is 1.27 bits per heavy atom. The lowest BCUT2D eigenvalue weighted by molar-refractivity contribution is -0.0172. The van der Waals surface area contributed by atoms with Crippen LogP contribution in [0, 0.1) is 5.92 Å². The summed E-state index contributed by atoms with van der Waals surface area (Å²) in [4.78, 5) is 0. The first-order valence-electron chi connectivity index (χ1n) is 5.05. The molecule has 1 saturated heterocycles. The fraction of sp³-hybridized carbons (Fsp3) is 0.545. The molecule has 0 spiro atoms. The molecule has 1 aliphatic carbocycles. The summed E-state index contributed by atoms with van der Waals surface area (Å²) in [6.07, 6.45) is 5.20. The molecule has 1 heterocycles. The highest BCUT2D eigenvalue weighted by Crippen LogP contribution is 2.31. The lowest BCUT2D eigenvalue weighted by Crippen LogP contribution is -2.35. The Labute approximate surface area is 88.5 Å². The Balaban J connectivity index is 2.04. The highest BCUT2D eigenvalue weighted by Gasteiger charge is 2.45. The summed E-state index contributed by atoms with van der Waals surface area (Å²) in [5.41, 5.74) is 0. The summed E-state index contributed by atoms with van der Waals surface area (Å²) in [5.74, 6) is 0.931. The third-order valence-corrected chi connectivity index (χ3v) is 2.82. The van der Waals surface area contributed by atoms with Crippen LogP contribution in [0.5, 0.6) is 0 Å². The van der Waals surface area contributed by atoms with Gasteiger partial charge in [0.2, 0.25) is 0 Å². The second kappa shape index (κ2) is 4.45. The van der Waals surface area contributed by atoms with Crippen molar-refractivity contribution in [3.05, 3.63) is 30.2 Å². The molecule has 1 radical (unpaired) electrons. The van der Waals surface area contributed by atoms with Crippen LogP contribution in [0.3, 0.4) is 0 Å². The first-order chi connectivity index (χ1) is 7.24. The maximum Gasteiger partial charge on any atom is 0.111 e. The van der Waals surface area contributed by atoms with Gasteiger partial charge in [0.05, 0.1) is 12.7 Å². The summed E-state index contributed by atoms with van der Waals surface area (Å²) in [6.45, 7) is -0.276. The monoisotopic (exact) mass is 211 g/mol. The van der Waals surface area contributed by atoms with E-state index in [0.717, 1.165) is 5.92 Å². The van der Waals surface area contributed by atoms with Crippen LogP contribution < -0.4 is 0 Å². The van der Waals surface area contributed by atoms with E-state index in [1.54, 1.807) is 0 Å². The van der Waals surface area contributed by atoms with Gasteiger partial charge in [-0.3, -0.25) is 0 Å². The van der Waals surface area contributed by atoms with Crippen molar-refractivity contribution in [3.63, 3.8) is 0 Å². The van der Waals surface area contributed by atoms with Gasteiger partial charge < -0.3 is 20.1 Å². The lowest BCUT2D eigenvalue weighted by atomic mass is 9.91. The van der Waals surface area contributed by atoms with Gasteiger partial charge in [-0.25, -0.2) is 0 Å². The highest BCUT2D eigenvalue weighted by molar-refractivity contribution is 5.28. The quantitative estimate of drug-likeness (QED) is 0.579. The van der Waals surface area contributed by atoms with E-state index in [-0.39, 0.29) is 6.61 Å². The molecule has 0 amide bonds. The van der Waals surface area contributed by atoms with E-state index in [1.807, 2.05) is 24.3 Å². The van der Waals surface area contributed by atoms with Gasteiger partial charge in [0.15, 0.2) is 0 Å². The summed E-state index contributed by atoms with van der Waals surface area (Å²) < 4.78 is 5.40. The van der Waals surface area contributed by atoms with Gasteiger partial charge in [0.25, 0.3) is 0 Å². The first-order valence-corrected chi connectivity index (χ1v) is 5.05. The van der Waals surface area contributed by atoms with Crippen molar-refractivity contribution in [2.75, 3.05) is 6.61 Å². The lowest BCUT2D eigenvalue weighted by Gasteiger charge is -2.22. The molecule has 4 atom stereocenters. The van der Waals surface area contributed by atoms with E-state index in [4.69, 9.17) is 9.84 Å².